The second kappa shape index (κ2) is 8.45. The van der Waals surface area contributed by atoms with Crippen LogP contribution < -0.4 is 14.8 Å². The average molecular weight is 350 g/mol. The molecule has 0 amide bonds. The minimum atomic E-state index is -0.460. The van der Waals surface area contributed by atoms with E-state index in [0.717, 1.165) is 11.3 Å². The number of carbonyl (C=O) groups excluding carboxylic acids is 1. The summed E-state index contributed by atoms with van der Waals surface area (Å²) >= 11 is 5.88. The molecule has 128 valence electrons. The fourth-order valence-electron chi connectivity index (χ4n) is 2.26. The Kier molecular flexibility index (Phi) is 6.32. The van der Waals surface area contributed by atoms with E-state index in [2.05, 4.69) is 5.32 Å². The van der Waals surface area contributed by atoms with Crippen molar-refractivity contribution < 1.29 is 19.0 Å². The summed E-state index contributed by atoms with van der Waals surface area (Å²) in [7, 11) is 3.14. The first kappa shape index (κ1) is 17.9. The zero-order chi connectivity index (χ0) is 17.5. The molecule has 0 aliphatic carbocycles. The number of rotatable bonds is 7. The topological polar surface area (TPSA) is 56.8 Å². The van der Waals surface area contributed by atoms with Gasteiger partial charge < -0.3 is 19.5 Å². The molecule has 2 rings (SSSR count). The normalized spacial score (nSPS) is 11.5. The number of hydrogen-bond donors (Lipinski definition) is 1. The van der Waals surface area contributed by atoms with Crippen molar-refractivity contribution in [3.05, 3.63) is 53.1 Å². The predicted molar refractivity (Wildman–Crippen MR) is 94.0 cm³/mol. The molecule has 0 aliphatic heterocycles. The van der Waals surface area contributed by atoms with Crippen molar-refractivity contribution in [2.75, 3.05) is 26.1 Å². The third kappa shape index (κ3) is 4.80. The Bertz CT molecular complexity index is 688. The minimum Gasteiger partial charge on any atom is -0.493 e. The molecule has 2 aromatic carbocycles. The molecular formula is C18H20ClNO4. The van der Waals surface area contributed by atoms with Crippen molar-refractivity contribution in [2.45, 2.75) is 13.0 Å². The van der Waals surface area contributed by atoms with Crippen LogP contribution in [0.25, 0.3) is 0 Å². The van der Waals surface area contributed by atoms with Crippen molar-refractivity contribution in [3.8, 4) is 11.5 Å². The van der Waals surface area contributed by atoms with E-state index in [1.165, 1.54) is 6.92 Å². The number of hydrogen-bond acceptors (Lipinski definition) is 5. The Morgan fingerprint density at radius 1 is 1.08 bits per heavy atom. The summed E-state index contributed by atoms with van der Waals surface area (Å²) in [5.41, 5.74) is 1.70. The van der Waals surface area contributed by atoms with Crippen LogP contribution in [-0.4, -0.2) is 26.7 Å². The fourth-order valence-corrected chi connectivity index (χ4v) is 2.39. The Labute approximate surface area is 146 Å². The molecule has 0 saturated carbocycles. The molecule has 0 bridgehead atoms. The maximum absolute atomic E-state index is 11.4. The summed E-state index contributed by atoms with van der Waals surface area (Å²) in [4.78, 5) is 11.4. The van der Waals surface area contributed by atoms with Crippen LogP contribution in [0.3, 0.4) is 0 Å². The zero-order valence-corrected chi connectivity index (χ0v) is 14.6. The van der Waals surface area contributed by atoms with Gasteiger partial charge in [-0.15, -0.1) is 0 Å². The van der Waals surface area contributed by atoms with Crippen LogP contribution in [0.2, 0.25) is 5.02 Å². The highest BCUT2D eigenvalue weighted by Gasteiger charge is 2.17. The van der Waals surface area contributed by atoms with E-state index in [9.17, 15) is 4.79 Å². The fraction of sp³-hybridized carbons (Fsp3) is 0.278. The van der Waals surface area contributed by atoms with Crippen LogP contribution in [-0.2, 0) is 9.53 Å². The highest BCUT2D eigenvalue weighted by atomic mass is 35.5. The summed E-state index contributed by atoms with van der Waals surface area (Å²) in [5.74, 6) is 0.847. The van der Waals surface area contributed by atoms with Crippen LogP contribution in [0, 0.1) is 0 Å². The second-order valence-corrected chi connectivity index (χ2v) is 5.54. The van der Waals surface area contributed by atoms with Gasteiger partial charge in [-0.1, -0.05) is 17.7 Å². The average Bonchev–Trinajstić information content (AvgIpc) is 2.59. The van der Waals surface area contributed by atoms with Gasteiger partial charge in [0.2, 0.25) is 0 Å². The third-order valence-electron chi connectivity index (χ3n) is 3.42. The summed E-state index contributed by atoms with van der Waals surface area (Å²) in [6.07, 6.45) is -0.460. The number of carbonyl (C=O) groups is 1. The Hall–Kier alpha value is -2.40. The zero-order valence-electron chi connectivity index (χ0n) is 13.8. The van der Waals surface area contributed by atoms with Crippen molar-refractivity contribution in [3.63, 3.8) is 0 Å². The summed E-state index contributed by atoms with van der Waals surface area (Å²) < 4.78 is 16.0. The molecule has 6 heteroatoms. The van der Waals surface area contributed by atoms with Gasteiger partial charge in [0.25, 0.3) is 0 Å². The van der Waals surface area contributed by atoms with Gasteiger partial charge in [-0.2, -0.15) is 0 Å². The summed E-state index contributed by atoms with van der Waals surface area (Å²) in [6, 6.07) is 12.7. The number of ether oxygens (including phenoxy) is 3. The highest BCUT2D eigenvalue weighted by molar-refractivity contribution is 6.30. The molecule has 0 fully saturated rings. The van der Waals surface area contributed by atoms with E-state index in [1.807, 2.05) is 18.2 Å². The van der Waals surface area contributed by atoms with E-state index in [0.29, 0.717) is 23.1 Å². The van der Waals surface area contributed by atoms with Gasteiger partial charge in [-0.3, -0.25) is 4.79 Å². The quantitative estimate of drug-likeness (QED) is 0.763. The lowest BCUT2D eigenvalue weighted by molar-refractivity contribution is -0.146. The molecule has 0 unspecified atom stereocenters. The molecule has 0 heterocycles. The van der Waals surface area contributed by atoms with Gasteiger partial charge in [-0.25, -0.2) is 0 Å². The standard InChI is InChI=1S/C18H20ClNO4/c1-12(21)24-18(11-20-15-7-5-14(19)6-8-15)13-4-9-16(22-2)17(10-13)23-3/h4-10,18,20H,11H2,1-3H3/t18-/m0/s1. The number of esters is 1. The van der Waals surface area contributed by atoms with Gasteiger partial charge in [0.05, 0.1) is 20.8 Å². The van der Waals surface area contributed by atoms with E-state index in [-0.39, 0.29) is 5.97 Å². The smallest absolute Gasteiger partial charge is 0.303 e. The van der Waals surface area contributed by atoms with Crippen molar-refractivity contribution in [1.29, 1.82) is 0 Å². The second-order valence-electron chi connectivity index (χ2n) is 5.10. The number of benzene rings is 2. The monoisotopic (exact) mass is 349 g/mol. The molecule has 0 saturated heterocycles. The van der Waals surface area contributed by atoms with Crippen molar-refractivity contribution >= 4 is 23.3 Å². The number of anilines is 1. The molecule has 24 heavy (non-hydrogen) atoms. The molecule has 0 aromatic heterocycles. The number of nitrogens with one attached hydrogen (secondary N) is 1. The molecule has 0 aliphatic rings. The Morgan fingerprint density at radius 3 is 2.33 bits per heavy atom. The number of halogens is 1. The Morgan fingerprint density at radius 2 is 1.75 bits per heavy atom. The molecular weight excluding hydrogens is 330 g/mol. The maximum atomic E-state index is 11.4. The SMILES string of the molecule is COc1ccc([C@H](CNc2ccc(Cl)cc2)OC(C)=O)cc1OC. The van der Waals surface area contributed by atoms with Crippen LogP contribution in [0.5, 0.6) is 11.5 Å². The van der Waals surface area contributed by atoms with E-state index in [4.69, 9.17) is 25.8 Å². The van der Waals surface area contributed by atoms with E-state index >= 15 is 0 Å². The molecule has 1 atom stereocenters. The Balaban J connectivity index is 2.18. The van der Waals surface area contributed by atoms with E-state index < -0.39 is 6.10 Å². The lowest BCUT2D eigenvalue weighted by Gasteiger charge is -2.20. The molecule has 1 N–H and O–H groups in total. The predicted octanol–water partition coefficient (Wildman–Crippen LogP) is 4.07. The van der Waals surface area contributed by atoms with Crippen molar-refractivity contribution in [2.24, 2.45) is 0 Å². The van der Waals surface area contributed by atoms with Crippen LogP contribution >= 0.6 is 11.6 Å². The van der Waals surface area contributed by atoms with Gasteiger partial charge in [0, 0.05) is 17.6 Å². The first-order valence-electron chi connectivity index (χ1n) is 7.42. The maximum Gasteiger partial charge on any atom is 0.303 e. The summed E-state index contributed by atoms with van der Waals surface area (Å²) in [6.45, 7) is 1.80. The van der Waals surface area contributed by atoms with Crippen LogP contribution in [0.15, 0.2) is 42.5 Å². The third-order valence-corrected chi connectivity index (χ3v) is 3.68. The van der Waals surface area contributed by atoms with Crippen molar-refractivity contribution in [1.82, 2.24) is 0 Å². The minimum absolute atomic E-state index is 0.354. The van der Waals surface area contributed by atoms with Gasteiger partial charge >= 0.3 is 5.97 Å². The lowest BCUT2D eigenvalue weighted by atomic mass is 10.1. The number of methoxy groups -OCH3 is 2. The highest BCUT2D eigenvalue weighted by Crippen LogP contribution is 2.31. The van der Waals surface area contributed by atoms with E-state index in [1.54, 1.807) is 38.5 Å². The molecule has 5 nitrogen and oxygen atoms in total. The molecule has 0 spiro atoms. The van der Waals surface area contributed by atoms with Crippen LogP contribution in [0.4, 0.5) is 5.69 Å². The molecule has 0 radical (unpaired) electrons. The lowest BCUT2D eigenvalue weighted by Crippen LogP contribution is -2.18. The molecule has 2 aromatic rings. The van der Waals surface area contributed by atoms with Gasteiger partial charge in [-0.05, 0) is 42.0 Å². The largest absolute Gasteiger partial charge is 0.493 e. The van der Waals surface area contributed by atoms with Gasteiger partial charge in [0.15, 0.2) is 11.5 Å². The summed E-state index contributed by atoms with van der Waals surface area (Å²) in [5, 5.41) is 3.90. The first-order chi connectivity index (χ1) is 11.5. The van der Waals surface area contributed by atoms with Gasteiger partial charge in [0.1, 0.15) is 6.10 Å². The first-order valence-corrected chi connectivity index (χ1v) is 7.80. The van der Waals surface area contributed by atoms with Crippen LogP contribution in [0.1, 0.15) is 18.6 Å².